The summed E-state index contributed by atoms with van der Waals surface area (Å²) in [5.74, 6) is 0.597. The fourth-order valence-electron chi connectivity index (χ4n) is 1.17. The Balaban J connectivity index is 3.20. The molecule has 0 saturated heterocycles. The van der Waals surface area contributed by atoms with E-state index in [-0.39, 0.29) is 0 Å². The van der Waals surface area contributed by atoms with Crippen molar-refractivity contribution in [2.45, 2.75) is 12.5 Å². The molecule has 1 aromatic rings. The molecule has 0 aliphatic rings. The van der Waals surface area contributed by atoms with E-state index in [1.165, 1.54) is 14.0 Å². The molecule has 0 radical (unpaired) electrons. The van der Waals surface area contributed by atoms with Gasteiger partial charge in [-0.2, -0.15) is 5.26 Å². The maximum Gasteiger partial charge on any atom is 0.175 e. The van der Waals surface area contributed by atoms with Gasteiger partial charge in [0.05, 0.1) is 7.11 Å². The van der Waals surface area contributed by atoms with Crippen molar-refractivity contribution in [2.75, 3.05) is 12.8 Å². The third-order valence-electron chi connectivity index (χ3n) is 2.00. The minimum Gasteiger partial charge on any atom is -0.497 e. The van der Waals surface area contributed by atoms with E-state index in [0.717, 1.165) is 0 Å². The second-order valence-corrected chi connectivity index (χ2v) is 3.14. The lowest BCUT2D eigenvalue weighted by Crippen LogP contribution is -2.19. The fourth-order valence-corrected chi connectivity index (χ4v) is 1.17. The van der Waals surface area contributed by atoms with Gasteiger partial charge >= 0.3 is 0 Å². The van der Waals surface area contributed by atoms with Crippen molar-refractivity contribution in [3.8, 4) is 11.8 Å². The molecule has 1 atom stereocenters. The molecule has 4 heteroatoms. The van der Waals surface area contributed by atoms with Crippen molar-refractivity contribution < 1.29 is 9.84 Å². The van der Waals surface area contributed by atoms with Crippen LogP contribution in [0.25, 0.3) is 0 Å². The highest BCUT2D eigenvalue weighted by molar-refractivity contribution is 5.55. The molecule has 74 valence electrons. The largest absolute Gasteiger partial charge is 0.497 e. The second kappa shape index (κ2) is 3.56. The summed E-state index contributed by atoms with van der Waals surface area (Å²) < 4.78 is 4.95. The lowest BCUT2D eigenvalue weighted by atomic mass is 9.96. The molecule has 0 bridgehead atoms. The Bertz CT molecular complexity index is 380. The minimum absolute atomic E-state index is 0.343. The van der Waals surface area contributed by atoms with Crippen molar-refractivity contribution in [1.82, 2.24) is 0 Å². The summed E-state index contributed by atoms with van der Waals surface area (Å²) in [6.07, 6.45) is 0. The van der Waals surface area contributed by atoms with E-state index < -0.39 is 5.60 Å². The number of nitrogens with two attached hydrogens (primary N) is 1. The number of aliphatic hydroxyl groups is 1. The highest BCUT2D eigenvalue weighted by atomic mass is 16.5. The summed E-state index contributed by atoms with van der Waals surface area (Å²) in [5, 5.41) is 18.4. The Labute approximate surface area is 82.5 Å². The van der Waals surface area contributed by atoms with Gasteiger partial charge in [0.25, 0.3) is 0 Å². The van der Waals surface area contributed by atoms with Gasteiger partial charge < -0.3 is 15.6 Å². The molecule has 4 nitrogen and oxygen atoms in total. The van der Waals surface area contributed by atoms with E-state index in [2.05, 4.69) is 0 Å². The molecule has 1 aromatic carbocycles. The molecule has 0 aromatic heterocycles. The van der Waals surface area contributed by atoms with Crippen molar-refractivity contribution in [2.24, 2.45) is 0 Å². The minimum atomic E-state index is -1.56. The van der Waals surface area contributed by atoms with Crippen LogP contribution >= 0.6 is 0 Å². The zero-order chi connectivity index (χ0) is 10.8. The third kappa shape index (κ3) is 1.78. The number of anilines is 1. The number of nitriles is 1. The predicted molar refractivity (Wildman–Crippen MR) is 52.6 cm³/mol. The van der Waals surface area contributed by atoms with E-state index in [1.807, 2.05) is 0 Å². The molecular formula is C10H12N2O2. The average Bonchev–Trinajstić information content (AvgIpc) is 2.17. The fraction of sp³-hybridized carbons (Fsp3) is 0.300. The van der Waals surface area contributed by atoms with E-state index in [0.29, 0.717) is 17.0 Å². The van der Waals surface area contributed by atoms with Gasteiger partial charge in [0, 0.05) is 17.3 Å². The van der Waals surface area contributed by atoms with Gasteiger partial charge in [-0.15, -0.1) is 0 Å². The van der Waals surface area contributed by atoms with Gasteiger partial charge in [-0.1, -0.05) is 0 Å². The molecule has 0 amide bonds. The molecule has 1 unspecified atom stereocenters. The second-order valence-electron chi connectivity index (χ2n) is 3.14. The van der Waals surface area contributed by atoms with Crippen LogP contribution < -0.4 is 10.5 Å². The van der Waals surface area contributed by atoms with Crippen LogP contribution in [-0.4, -0.2) is 12.2 Å². The van der Waals surface area contributed by atoms with E-state index >= 15 is 0 Å². The number of hydrogen-bond acceptors (Lipinski definition) is 4. The Kier molecular flexibility index (Phi) is 2.63. The number of nitrogens with zero attached hydrogens (tertiary/aromatic N) is 1. The maximum atomic E-state index is 9.66. The topological polar surface area (TPSA) is 79.3 Å². The van der Waals surface area contributed by atoms with Crippen LogP contribution in [-0.2, 0) is 5.60 Å². The van der Waals surface area contributed by atoms with E-state index in [9.17, 15) is 5.11 Å². The van der Waals surface area contributed by atoms with Crippen LogP contribution in [0.5, 0.6) is 5.75 Å². The molecule has 0 aliphatic heterocycles. The molecule has 0 heterocycles. The summed E-state index contributed by atoms with van der Waals surface area (Å²) in [7, 11) is 1.52. The summed E-state index contributed by atoms with van der Waals surface area (Å²) in [6.45, 7) is 1.39. The van der Waals surface area contributed by atoms with Crippen molar-refractivity contribution in [1.29, 1.82) is 5.26 Å². The van der Waals surface area contributed by atoms with E-state index in [1.54, 1.807) is 24.3 Å². The molecule has 3 N–H and O–H groups in total. The average molecular weight is 192 g/mol. The normalized spacial score (nSPS) is 14.1. The monoisotopic (exact) mass is 192 g/mol. The summed E-state index contributed by atoms with van der Waals surface area (Å²) in [5.41, 5.74) is 4.84. The van der Waals surface area contributed by atoms with Gasteiger partial charge in [-0.3, -0.25) is 0 Å². The summed E-state index contributed by atoms with van der Waals surface area (Å²) in [6, 6.07) is 6.57. The summed E-state index contributed by atoms with van der Waals surface area (Å²) in [4.78, 5) is 0. The number of ether oxygens (including phenoxy) is 1. The van der Waals surface area contributed by atoms with Crippen LogP contribution in [0.15, 0.2) is 18.2 Å². The number of nitrogen functional groups attached to an aromatic ring is 1. The van der Waals surface area contributed by atoms with Gasteiger partial charge in [0.15, 0.2) is 5.60 Å². The molecule has 1 rings (SSSR count). The van der Waals surface area contributed by atoms with Crippen molar-refractivity contribution in [3.63, 3.8) is 0 Å². The first-order valence-corrected chi connectivity index (χ1v) is 4.09. The first kappa shape index (κ1) is 10.4. The lowest BCUT2D eigenvalue weighted by Gasteiger charge is -2.17. The quantitative estimate of drug-likeness (QED) is 0.541. The van der Waals surface area contributed by atoms with Crippen LogP contribution in [0.3, 0.4) is 0 Å². The molecular weight excluding hydrogens is 180 g/mol. The summed E-state index contributed by atoms with van der Waals surface area (Å²) >= 11 is 0. The first-order chi connectivity index (χ1) is 6.51. The maximum absolute atomic E-state index is 9.66. The van der Waals surface area contributed by atoms with Gasteiger partial charge in [-0.05, 0) is 19.1 Å². The van der Waals surface area contributed by atoms with Crippen LogP contribution in [0, 0.1) is 11.3 Å². The predicted octanol–water partition coefficient (Wildman–Crippen LogP) is 1.01. The van der Waals surface area contributed by atoms with Crippen molar-refractivity contribution in [3.05, 3.63) is 23.8 Å². The third-order valence-corrected chi connectivity index (χ3v) is 2.00. The van der Waals surface area contributed by atoms with E-state index in [4.69, 9.17) is 15.7 Å². The Morgan fingerprint density at radius 1 is 1.57 bits per heavy atom. The first-order valence-electron chi connectivity index (χ1n) is 4.09. The van der Waals surface area contributed by atoms with Crippen LogP contribution in [0.2, 0.25) is 0 Å². The van der Waals surface area contributed by atoms with Crippen LogP contribution in [0.1, 0.15) is 12.5 Å². The van der Waals surface area contributed by atoms with Gasteiger partial charge in [0.2, 0.25) is 0 Å². The van der Waals surface area contributed by atoms with Gasteiger partial charge in [0.1, 0.15) is 11.8 Å². The standard InChI is InChI=1S/C10H12N2O2/c1-10(13,6-11)8-4-3-7(14-2)5-9(8)12/h3-5,13H,12H2,1-2H3. The van der Waals surface area contributed by atoms with Crippen LogP contribution in [0.4, 0.5) is 5.69 Å². The molecule has 0 fully saturated rings. The zero-order valence-corrected chi connectivity index (χ0v) is 8.11. The molecule has 14 heavy (non-hydrogen) atoms. The molecule has 0 aliphatic carbocycles. The number of rotatable bonds is 2. The number of hydrogen-bond donors (Lipinski definition) is 2. The molecule has 0 spiro atoms. The smallest absolute Gasteiger partial charge is 0.175 e. The zero-order valence-electron chi connectivity index (χ0n) is 8.11. The highest BCUT2D eigenvalue weighted by Gasteiger charge is 2.24. The Morgan fingerprint density at radius 3 is 2.64 bits per heavy atom. The SMILES string of the molecule is COc1ccc(C(C)(O)C#N)c(N)c1. The van der Waals surface area contributed by atoms with Crippen molar-refractivity contribution >= 4 is 5.69 Å². The number of benzene rings is 1. The molecule has 0 saturated carbocycles. The highest BCUT2D eigenvalue weighted by Crippen LogP contribution is 2.28. The van der Waals surface area contributed by atoms with Gasteiger partial charge in [-0.25, -0.2) is 0 Å². The lowest BCUT2D eigenvalue weighted by molar-refractivity contribution is 0.120. The number of methoxy groups -OCH3 is 1. The Hall–Kier alpha value is -1.73. The Morgan fingerprint density at radius 2 is 2.21 bits per heavy atom.